The Labute approximate surface area is 101 Å². The molecule has 2 nitrogen and oxygen atoms in total. The highest BCUT2D eigenvalue weighted by Gasteiger charge is 2.39. The summed E-state index contributed by atoms with van der Waals surface area (Å²) in [4.78, 5) is 2.68. The predicted octanol–water partition coefficient (Wildman–Crippen LogP) is 2.62. The van der Waals surface area contributed by atoms with E-state index in [1.54, 1.807) is 0 Å². The summed E-state index contributed by atoms with van der Waals surface area (Å²) < 4.78 is 0. The summed E-state index contributed by atoms with van der Waals surface area (Å²) in [6.07, 6.45) is 6.74. The summed E-state index contributed by atoms with van der Waals surface area (Å²) in [6.45, 7) is 9.62. The van der Waals surface area contributed by atoms with Crippen LogP contribution in [0.3, 0.4) is 0 Å². The number of rotatable bonds is 1. The molecule has 3 unspecified atom stereocenters. The molecule has 0 amide bonds. The van der Waals surface area contributed by atoms with Gasteiger partial charge in [-0.2, -0.15) is 0 Å². The van der Waals surface area contributed by atoms with Crippen molar-refractivity contribution in [1.29, 1.82) is 0 Å². The second kappa shape index (κ2) is 4.66. The molecule has 1 heterocycles. The average Bonchev–Trinajstić information content (AvgIpc) is 2.22. The quantitative estimate of drug-likeness (QED) is 0.742. The van der Waals surface area contributed by atoms with Crippen molar-refractivity contribution in [3.63, 3.8) is 0 Å². The van der Waals surface area contributed by atoms with Crippen molar-refractivity contribution in [2.45, 2.75) is 65.0 Å². The molecule has 2 fully saturated rings. The fraction of sp³-hybridized carbons (Fsp3) is 1.00. The van der Waals surface area contributed by atoms with Crippen LogP contribution >= 0.6 is 0 Å². The number of likely N-dealkylation sites (tertiary alicyclic amines) is 1. The molecule has 2 N–H and O–H groups in total. The minimum Gasteiger partial charge on any atom is -0.326 e. The van der Waals surface area contributed by atoms with Gasteiger partial charge in [0.2, 0.25) is 0 Å². The lowest BCUT2D eigenvalue weighted by molar-refractivity contribution is 0.0421. The third-order valence-electron chi connectivity index (χ3n) is 4.80. The Hall–Kier alpha value is -0.0800. The van der Waals surface area contributed by atoms with Gasteiger partial charge in [0.05, 0.1) is 0 Å². The van der Waals surface area contributed by atoms with Gasteiger partial charge in [-0.15, -0.1) is 0 Å². The zero-order valence-corrected chi connectivity index (χ0v) is 11.2. The summed E-state index contributed by atoms with van der Waals surface area (Å²) in [5, 5.41) is 0. The van der Waals surface area contributed by atoms with Crippen molar-refractivity contribution < 1.29 is 0 Å². The van der Waals surface area contributed by atoms with E-state index in [9.17, 15) is 0 Å². The van der Waals surface area contributed by atoms with Crippen LogP contribution in [0, 0.1) is 11.3 Å². The second-order valence-electron chi connectivity index (χ2n) is 6.72. The van der Waals surface area contributed by atoms with Crippen LogP contribution < -0.4 is 5.73 Å². The third-order valence-corrected chi connectivity index (χ3v) is 4.80. The van der Waals surface area contributed by atoms with E-state index in [4.69, 9.17) is 5.73 Å². The molecule has 94 valence electrons. The van der Waals surface area contributed by atoms with Gasteiger partial charge in [-0.1, -0.05) is 27.2 Å². The molecule has 1 aliphatic carbocycles. The first kappa shape index (κ1) is 12.4. The fourth-order valence-electron chi connectivity index (χ4n) is 3.57. The Morgan fingerprint density at radius 2 is 1.94 bits per heavy atom. The predicted molar refractivity (Wildman–Crippen MR) is 69.4 cm³/mol. The van der Waals surface area contributed by atoms with Crippen LogP contribution in [0.1, 0.15) is 52.9 Å². The van der Waals surface area contributed by atoms with Crippen molar-refractivity contribution in [2.75, 3.05) is 13.1 Å². The van der Waals surface area contributed by atoms with Gasteiger partial charge in [0, 0.05) is 18.6 Å². The maximum absolute atomic E-state index is 6.49. The van der Waals surface area contributed by atoms with Gasteiger partial charge in [-0.3, -0.25) is 4.90 Å². The van der Waals surface area contributed by atoms with Gasteiger partial charge in [-0.25, -0.2) is 0 Å². The van der Waals surface area contributed by atoms with Crippen LogP contribution in [0.15, 0.2) is 0 Å². The number of nitrogens with two attached hydrogens (primary N) is 1. The maximum Gasteiger partial charge on any atom is 0.0252 e. The Kier molecular flexibility index (Phi) is 3.60. The van der Waals surface area contributed by atoms with Crippen LogP contribution in [-0.4, -0.2) is 30.1 Å². The number of hydrogen-bond donors (Lipinski definition) is 1. The molecular weight excluding hydrogens is 196 g/mol. The van der Waals surface area contributed by atoms with Crippen molar-refractivity contribution >= 4 is 0 Å². The summed E-state index contributed by atoms with van der Waals surface area (Å²) in [5.74, 6) is 0.867. The first-order chi connectivity index (χ1) is 7.50. The molecule has 2 rings (SSSR count). The number of piperidine rings is 1. The van der Waals surface area contributed by atoms with Gasteiger partial charge in [0.25, 0.3) is 0 Å². The summed E-state index contributed by atoms with van der Waals surface area (Å²) in [7, 11) is 0. The molecule has 3 atom stereocenters. The van der Waals surface area contributed by atoms with E-state index >= 15 is 0 Å². The number of hydrogen-bond acceptors (Lipinski definition) is 2. The standard InChI is InChI=1S/C14H28N2/c1-11-6-5-9-16(10-11)12-7-4-8-14(2,3)13(12)15/h11-13H,4-10,15H2,1-3H3. The van der Waals surface area contributed by atoms with Crippen molar-refractivity contribution in [2.24, 2.45) is 17.1 Å². The highest BCUT2D eigenvalue weighted by Crippen LogP contribution is 2.37. The lowest BCUT2D eigenvalue weighted by atomic mass is 9.70. The van der Waals surface area contributed by atoms with Crippen molar-refractivity contribution in [1.82, 2.24) is 4.90 Å². The minimum absolute atomic E-state index is 0.337. The van der Waals surface area contributed by atoms with Gasteiger partial charge >= 0.3 is 0 Å². The van der Waals surface area contributed by atoms with Crippen LogP contribution in [0.5, 0.6) is 0 Å². The van der Waals surface area contributed by atoms with Crippen molar-refractivity contribution in [3.05, 3.63) is 0 Å². The lowest BCUT2D eigenvalue weighted by Gasteiger charge is -2.48. The van der Waals surface area contributed by atoms with Gasteiger partial charge in [0.1, 0.15) is 0 Å². The first-order valence-corrected chi connectivity index (χ1v) is 7.00. The molecule has 0 aromatic rings. The molecule has 2 aliphatic rings. The van der Waals surface area contributed by atoms with E-state index < -0.39 is 0 Å². The van der Waals surface area contributed by atoms with Crippen LogP contribution in [0.25, 0.3) is 0 Å². The molecule has 0 bridgehead atoms. The van der Waals surface area contributed by atoms with Gasteiger partial charge in [-0.05, 0) is 43.6 Å². The largest absolute Gasteiger partial charge is 0.326 e. The van der Waals surface area contributed by atoms with Crippen LogP contribution in [-0.2, 0) is 0 Å². The molecule has 0 aromatic carbocycles. The molecule has 1 aliphatic heterocycles. The maximum atomic E-state index is 6.49. The zero-order chi connectivity index (χ0) is 11.8. The van der Waals surface area contributed by atoms with E-state index in [0.29, 0.717) is 17.5 Å². The van der Waals surface area contributed by atoms with Crippen LogP contribution in [0.2, 0.25) is 0 Å². The fourth-order valence-corrected chi connectivity index (χ4v) is 3.57. The molecule has 1 saturated carbocycles. The lowest BCUT2D eigenvalue weighted by Crippen LogP contribution is -2.58. The molecule has 16 heavy (non-hydrogen) atoms. The van der Waals surface area contributed by atoms with Gasteiger partial charge in [0.15, 0.2) is 0 Å². The highest BCUT2D eigenvalue weighted by atomic mass is 15.2. The zero-order valence-electron chi connectivity index (χ0n) is 11.2. The Morgan fingerprint density at radius 1 is 1.19 bits per heavy atom. The molecule has 0 radical (unpaired) electrons. The first-order valence-electron chi connectivity index (χ1n) is 7.00. The monoisotopic (exact) mass is 224 g/mol. The van der Waals surface area contributed by atoms with Gasteiger partial charge < -0.3 is 5.73 Å². The normalized spacial score (nSPS) is 40.9. The van der Waals surface area contributed by atoms with E-state index in [-0.39, 0.29) is 0 Å². The Bertz CT molecular complexity index is 237. The number of nitrogens with zero attached hydrogens (tertiary/aromatic N) is 1. The Balaban J connectivity index is 2.02. The smallest absolute Gasteiger partial charge is 0.0252 e. The molecule has 2 heteroatoms. The van der Waals surface area contributed by atoms with E-state index in [2.05, 4.69) is 25.7 Å². The molecule has 0 spiro atoms. The van der Waals surface area contributed by atoms with E-state index in [1.807, 2.05) is 0 Å². The summed E-state index contributed by atoms with van der Waals surface area (Å²) in [5.41, 5.74) is 6.83. The second-order valence-corrected chi connectivity index (χ2v) is 6.72. The van der Waals surface area contributed by atoms with E-state index in [0.717, 1.165) is 5.92 Å². The Morgan fingerprint density at radius 3 is 2.62 bits per heavy atom. The molecule has 1 saturated heterocycles. The third kappa shape index (κ3) is 2.43. The highest BCUT2D eigenvalue weighted by molar-refractivity contribution is 4.97. The summed E-state index contributed by atoms with van der Waals surface area (Å²) in [6, 6.07) is 1.01. The summed E-state index contributed by atoms with van der Waals surface area (Å²) >= 11 is 0. The molecule has 0 aromatic heterocycles. The van der Waals surface area contributed by atoms with Crippen LogP contribution in [0.4, 0.5) is 0 Å². The minimum atomic E-state index is 0.337. The topological polar surface area (TPSA) is 29.3 Å². The van der Waals surface area contributed by atoms with E-state index in [1.165, 1.54) is 45.2 Å². The molecular formula is C14H28N2. The SMILES string of the molecule is CC1CCCN(C2CCCC(C)(C)C2N)C1. The average molecular weight is 224 g/mol. The van der Waals surface area contributed by atoms with Crippen molar-refractivity contribution in [3.8, 4) is 0 Å².